The minimum atomic E-state index is -0.655. The molecule has 0 atom stereocenters. The van der Waals surface area contributed by atoms with Gasteiger partial charge < -0.3 is 10.6 Å². The second kappa shape index (κ2) is 15.1. The lowest BCUT2D eigenvalue weighted by molar-refractivity contribution is -0.116. The van der Waals surface area contributed by atoms with Crippen LogP contribution in [0.4, 0.5) is 22.7 Å². The maximum atomic E-state index is 12.8. The monoisotopic (exact) mass is 656 g/mol. The third-order valence-corrected chi connectivity index (χ3v) is 7.36. The molecular formula is C34H30Cl2N6O4. The number of Topliss-reactive ketones (excluding diaryl/α,β-unsaturated/α-hetero) is 2. The lowest BCUT2D eigenvalue weighted by atomic mass is 10.0. The molecule has 4 N–H and O–H groups in total. The van der Waals surface area contributed by atoms with Gasteiger partial charge in [-0.2, -0.15) is 10.2 Å². The SMILES string of the molecule is CC(=O)C(=NNc1ccc(-c2ccc(NN=C(C(C)=O)C(=O)Nc3ccccc3C)c(Cl)c2)cc1Cl)C(=O)Nc1ccccc1C. The number of rotatable bonds is 11. The summed E-state index contributed by atoms with van der Waals surface area (Å²) in [6.07, 6.45) is 0. The van der Waals surface area contributed by atoms with Crippen molar-refractivity contribution in [1.82, 2.24) is 0 Å². The molecule has 0 aliphatic carbocycles. The summed E-state index contributed by atoms with van der Waals surface area (Å²) in [5.74, 6) is -2.36. The van der Waals surface area contributed by atoms with Gasteiger partial charge in [0.2, 0.25) is 0 Å². The summed E-state index contributed by atoms with van der Waals surface area (Å²) in [5.41, 5.74) is 9.74. The van der Waals surface area contributed by atoms with Gasteiger partial charge in [0, 0.05) is 25.2 Å². The number of ketones is 2. The van der Waals surface area contributed by atoms with Gasteiger partial charge >= 0.3 is 0 Å². The van der Waals surface area contributed by atoms with Crippen molar-refractivity contribution in [3.05, 3.63) is 106 Å². The van der Waals surface area contributed by atoms with Crippen molar-refractivity contribution < 1.29 is 19.2 Å². The van der Waals surface area contributed by atoms with Crippen molar-refractivity contribution in [2.24, 2.45) is 10.2 Å². The van der Waals surface area contributed by atoms with Gasteiger partial charge in [0.15, 0.2) is 23.0 Å². The Kier molecular flexibility index (Phi) is 11.0. The molecule has 12 heteroatoms. The summed E-state index contributed by atoms with van der Waals surface area (Å²) in [6, 6.07) is 24.5. The maximum Gasteiger partial charge on any atom is 0.279 e. The largest absolute Gasteiger partial charge is 0.320 e. The quantitative estimate of drug-likeness (QED) is 0.0760. The number of aryl methyl sites for hydroxylation is 2. The van der Waals surface area contributed by atoms with E-state index in [1.807, 2.05) is 38.1 Å². The number of hydrazone groups is 2. The second-order valence-electron chi connectivity index (χ2n) is 10.2. The molecule has 0 aromatic heterocycles. The molecule has 234 valence electrons. The van der Waals surface area contributed by atoms with Crippen molar-refractivity contribution in [3.8, 4) is 11.1 Å². The first-order chi connectivity index (χ1) is 21.9. The molecule has 10 nitrogen and oxygen atoms in total. The molecule has 4 aromatic carbocycles. The summed E-state index contributed by atoms with van der Waals surface area (Å²) in [7, 11) is 0. The summed E-state index contributed by atoms with van der Waals surface area (Å²) < 4.78 is 0. The van der Waals surface area contributed by atoms with E-state index >= 15 is 0 Å². The van der Waals surface area contributed by atoms with E-state index in [-0.39, 0.29) is 21.5 Å². The van der Waals surface area contributed by atoms with Crippen LogP contribution < -0.4 is 21.5 Å². The number of carbonyl (C=O) groups is 4. The van der Waals surface area contributed by atoms with E-state index in [1.165, 1.54) is 13.8 Å². The molecule has 0 unspecified atom stereocenters. The molecular weight excluding hydrogens is 627 g/mol. The molecule has 4 aromatic rings. The minimum Gasteiger partial charge on any atom is -0.320 e. The fraction of sp³-hybridized carbons (Fsp3) is 0.118. The lowest BCUT2D eigenvalue weighted by Gasteiger charge is -2.11. The number of benzene rings is 4. The average Bonchev–Trinajstić information content (AvgIpc) is 3.00. The molecule has 0 aliphatic heterocycles. The number of nitrogens with zero attached hydrogens (tertiary/aromatic N) is 2. The first-order valence-corrected chi connectivity index (χ1v) is 14.7. The van der Waals surface area contributed by atoms with E-state index < -0.39 is 23.4 Å². The Balaban J connectivity index is 1.47. The number of hydrogen-bond acceptors (Lipinski definition) is 8. The number of halogens is 2. The standard InChI is InChI=1S/C34H30Cl2N6O4/c1-19-9-5-7-11-27(19)37-33(45)31(21(3)43)41-39-29-15-13-23(17-25(29)35)24-14-16-30(26(36)18-24)40-42-32(22(4)44)34(46)38-28-12-8-6-10-20(28)2/h5-18,39-40H,1-4H3,(H,37,45)(H,38,46). The molecule has 2 amide bonds. The maximum absolute atomic E-state index is 12.8. The van der Waals surface area contributed by atoms with Gasteiger partial charge in [0.25, 0.3) is 11.8 Å². The Labute approximate surface area is 275 Å². The second-order valence-corrected chi connectivity index (χ2v) is 11.0. The topological polar surface area (TPSA) is 141 Å². The van der Waals surface area contributed by atoms with Gasteiger partial charge in [-0.3, -0.25) is 30.0 Å². The van der Waals surface area contributed by atoms with Gasteiger partial charge in [-0.1, -0.05) is 71.7 Å². The van der Waals surface area contributed by atoms with Crippen LogP contribution in [0.5, 0.6) is 0 Å². The zero-order valence-corrected chi connectivity index (χ0v) is 26.9. The highest BCUT2D eigenvalue weighted by Crippen LogP contribution is 2.33. The number of carbonyl (C=O) groups excluding carboxylic acids is 4. The summed E-state index contributed by atoms with van der Waals surface area (Å²) in [4.78, 5) is 49.9. The van der Waals surface area contributed by atoms with Gasteiger partial charge in [0.05, 0.1) is 21.4 Å². The van der Waals surface area contributed by atoms with Crippen LogP contribution in [-0.2, 0) is 19.2 Å². The first kappa shape index (κ1) is 33.6. The molecule has 4 rings (SSSR count). The molecule has 46 heavy (non-hydrogen) atoms. The van der Waals surface area contributed by atoms with Crippen LogP contribution in [0.3, 0.4) is 0 Å². The van der Waals surface area contributed by atoms with E-state index in [2.05, 4.69) is 31.7 Å². The number of para-hydroxylation sites is 2. The van der Waals surface area contributed by atoms with Gasteiger partial charge in [0.1, 0.15) is 0 Å². The Hall–Kier alpha value is -5.32. The normalized spacial score (nSPS) is 11.4. The van der Waals surface area contributed by atoms with Crippen molar-refractivity contribution >= 4 is 80.8 Å². The van der Waals surface area contributed by atoms with E-state index in [1.54, 1.807) is 60.7 Å². The van der Waals surface area contributed by atoms with Gasteiger partial charge in [-0.05, 0) is 72.5 Å². The zero-order chi connectivity index (χ0) is 33.4. The molecule has 0 spiro atoms. The van der Waals surface area contributed by atoms with Crippen molar-refractivity contribution in [2.45, 2.75) is 27.7 Å². The first-order valence-electron chi connectivity index (χ1n) is 14.0. The van der Waals surface area contributed by atoms with E-state index in [0.717, 1.165) is 11.1 Å². The fourth-order valence-corrected chi connectivity index (χ4v) is 4.62. The highest BCUT2D eigenvalue weighted by molar-refractivity contribution is 6.67. The number of amides is 2. The molecule has 0 saturated heterocycles. The highest BCUT2D eigenvalue weighted by Gasteiger charge is 2.19. The van der Waals surface area contributed by atoms with E-state index in [0.29, 0.717) is 33.9 Å². The van der Waals surface area contributed by atoms with Crippen molar-refractivity contribution in [1.29, 1.82) is 0 Å². The smallest absolute Gasteiger partial charge is 0.279 e. The van der Waals surface area contributed by atoms with Gasteiger partial charge in [-0.25, -0.2) is 0 Å². The van der Waals surface area contributed by atoms with Crippen LogP contribution in [0.1, 0.15) is 25.0 Å². The van der Waals surface area contributed by atoms with Crippen LogP contribution in [0, 0.1) is 13.8 Å². The number of hydrogen-bond donors (Lipinski definition) is 4. The lowest BCUT2D eigenvalue weighted by Crippen LogP contribution is -2.29. The molecule has 0 radical (unpaired) electrons. The minimum absolute atomic E-state index is 0.275. The molecule has 0 saturated carbocycles. The summed E-state index contributed by atoms with van der Waals surface area (Å²) in [6.45, 7) is 6.17. The Morgan fingerprint density at radius 1 is 0.543 bits per heavy atom. The third kappa shape index (κ3) is 8.44. The predicted octanol–water partition coefficient (Wildman–Crippen LogP) is 7.27. The van der Waals surface area contributed by atoms with Crippen molar-refractivity contribution in [2.75, 3.05) is 21.5 Å². The fourth-order valence-electron chi connectivity index (χ4n) is 4.17. The third-order valence-electron chi connectivity index (χ3n) is 6.73. The average molecular weight is 658 g/mol. The van der Waals surface area contributed by atoms with Crippen LogP contribution in [0.25, 0.3) is 11.1 Å². The van der Waals surface area contributed by atoms with Gasteiger partial charge in [-0.15, -0.1) is 0 Å². The molecule has 0 bridgehead atoms. The van der Waals surface area contributed by atoms with Crippen molar-refractivity contribution in [3.63, 3.8) is 0 Å². The highest BCUT2D eigenvalue weighted by atomic mass is 35.5. The molecule has 0 heterocycles. The molecule has 0 fully saturated rings. The van der Waals surface area contributed by atoms with E-state index in [9.17, 15) is 19.2 Å². The Bertz CT molecular complexity index is 1770. The number of nitrogens with one attached hydrogen (secondary N) is 4. The zero-order valence-electron chi connectivity index (χ0n) is 25.4. The van der Waals surface area contributed by atoms with Crippen LogP contribution in [0.2, 0.25) is 10.0 Å². The summed E-state index contributed by atoms with van der Waals surface area (Å²) >= 11 is 13.0. The Morgan fingerprint density at radius 2 is 0.913 bits per heavy atom. The van der Waals surface area contributed by atoms with E-state index in [4.69, 9.17) is 23.2 Å². The Morgan fingerprint density at radius 3 is 1.24 bits per heavy atom. The predicted molar refractivity (Wildman–Crippen MR) is 185 cm³/mol. The summed E-state index contributed by atoms with van der Waals surface area (Å²) in [5, 5.41) is 14.0. The van der Waals surface area contributed by atoms with Crippen LogP contribution in [0.15, 0.2) is 95.1 Å². The molecule has 0 aliphatic rings. The number of anilines is 4. The van der Waals surface area contributed by atoms with Crippen LogP contribution in [-0.4, -0.2) is 34.8 Å². The van der Waals surface area contributed by atoms with Crippen LogP contribution >= 0.6 is 23.2 Å².